The molecule has 0 radical (unpaired) electrons. The molecule has 0 fully saturated rings. The maximum Gasteiger partial charge on any atom is 0.341 e. The van der Waals surface area contributed by atoms with Crippen LogP contribution < -0.4 is 4.74 Å². The summed E-state index contributed by atoms with van der Waals surface area (Å²) in [4.78, 5) is 23.1. The number of carbonyl (C=O) groups is 1. The molecule has 1 aromatic rings. The summed E-state index contributed by atoms with van der Waals surface area (Å²) in [5.41, 5.74) is -0.982. The molecule has 0 bridgehead atoms. The van der Waals surface area contributed by atoms with E-state index in [1.165, 1.54) is 0 Å². The van der Waals surface area contributed by atoms with Crippen LogP contribution in [0.15, 0.2) is 12.1 Å². The molecule has 0 aliphatic carbocycles. The normalized spacial score (nSPS) is 10.4. The first-order valence-electron chi connectivity index (χ1n) is 5.70. The average molecular weight is 286 g/mol. The third-order valence-electron chi connectivity index (χ3n) is 2.45. The summed E-state index contributed by atoms with van der Waals surface area (Å²) in [5, 5.41) is 10.7. The highest BCUT2D eigenvalue weighted by Crippen LogP contribution is 2.28. The van der Waals surface area contributed by atoms with Gasteiger partial charge in [0.1, 0.15) is 17.9 Å². The standard InChI is InChI=1S/C12H15FN2O5/c1-14(2)4-5-20-11-7-9(13)10(15(17)18)6-8(11)12(16)19-3/h6-7H,4-5H2,1-3H3. The summed E-state index contributed by atoms with van der Waals surface area (Å²) in [7, 11) is 4.77. The highest BCUT2D eigenvalue weighted by atomic mass is 19.1. The van der Waals surface area contributed by atoms with Crippen molar-refractivity contribution in [3.8, 4) is 5.75 Å². The first-order chi connectivity index (χ1) is 9.36. The van der Waals surface area contributed by atoms with Crippen molar-refractivity contribution in [3.63, 3.8) is 0 Å². The number of ether oxygens (including phenoxy) is 2. The fourth-order valence-corrected chi connectivity index (χ4v) is 1.41. The van der Waals surface area contributed by atoms with Crippen LogP contribution in [0.3, 0.4) is 0 Å². The van der Waals surface area contributed by atoms with Crippen molar-refractivity contribution >= 4 is 11.7 Å². The van der Waals surface area contributed by atoms with Gasteiger partial charge >= 0.3 is 11.7 Å². The Balaban J connectivity index is 3.11. The van der Waals surface area contributed by atoms with E-state index in [4.69, 9.17) is 4.74 Å². The minimum atomic E-state index is -1.07. The van der Waals surface area contributed by atoms with Crippen molar-refractivity contribution in [2.75, 3.05) is 34.4 Å². The predicted octanol–water partition coefficient (Wildman–Crippen LogP) is 1.46. The van der Waals surface area contributed by atoms with E-state index in [0.717, 1.165) is 19.2 Å². The molecule has 0 saturated heterocycles. The molecule has 0 aliphatic rings. The molecular formula is C12H15FN2O5. The van der Waals surface area contributed by atoms with Crippen LogP contribution in [0.5, 0.6) is 5.75 Å². The summed E-state index contributed by atoms with van der Waals surface area (Å²) in [6.45, 7) is 0.744. The second kappa shape index (κ2) is 6.80. The van der Waals surface area contributed by atoms with Crippen molar-refractivity contribution in [3.05, 3.63) is 33.6 Å². The summed E-state index contributed by atoms with van der Waals surface area (Å²) in [6, 6.07) is 1.63. The van der Waals surface area contributed by atoms with Gasteiger partial charge in [-0.05, 0) is 14.1 Å². The number of hydrogen-bond donors (Lipinski definition) is 0. The van der Waals surface area contributed by atoms with Gasteiger partial charge in [-0.25, -0.2) is 4.79 Å². The van der Waals surface area contributed by atoms with Gasteiger partial charge in [0.25, 0.3) is 0 Å². The lowest BCUT2D eigenvalue weighted by atomic mass is 10.1. The zero-order chi connectivity index (χ0) is 15.3. The molecule has 0 amide bonds. The molecule has 8 heteroatoms. The van der Waals surface area contributed by atoms with E-state index in [9.17, 15) is 19.3 Å². The number of esters is 1. The van der Waals surface area contributed by atoms with Crippen molar-refractivity contribution < 1.29 is 23.6 Å². The topological polar surface area (TPSA) is 81.9 Å². The Morgan fingerprint density at radius 2 is 2.10 bits per heavy atom. The van der Waals surface area contributed by atoms with Gasteiger partial charge in [0.15, 0.2) is 0 Å². The summed E-state index contributed by atoms with van der Waals surface area (Å²) < 4.78 is 23.3. The number of nitrogens with zero attached hydrogens (tertiary/aromatic N) is 2. The molecule has 20 heavy (non-hydrogen) atoms. The van der Waals surface area contributed by atoms with Crippen molar-refractivity contribution in [2.24, 2.45) is 0 Å². The van der Waals surface area contributed by atoms with Crippen molar-refractivity contribution in [1.82, 2.24) is 4.90 Å². The van der Waals surface area contributed by atoms with Gasteiger partial charge < -0.3 is 14.4 Å². The maximum absolute atomic E-state index is 13.5. The predicted molar refractivity (Wildman–Crippen MR) is 68.4 cm³/mol. The number of halogens is 1. The van der Waals surface area contributed by atoms with E-state index in [2.05, 4.69) is 4.74 Å². The molecule has 7 nitrogen and oxygen atoms in total. The van der Waals surface area contributed by atoms with Crippen molar-refractivity contribution in [2.45, 2.75) is 0 Å². The van der Waals surface area contributed by atoms with E-state index in [0.29, 0.717) is 6.54 Å². The van der Waals surface area contributed by atoms with Gasteiger partial charge in [0.2, 0.25) is 5.82 Å². The lowest BCUT2D eigenvalue weighted by molar-refractivity contribution is -0.387. The Labute approximate surface area is 115 Å². The molecule has 0 aliphatic heterocycles. The zero-order valence-corrected chi connectivity index (χ0v) is 11.4. The van der Waals surface area contributed by atoms with Crippen LogP contribution in [0.4, 0.5) is 10.1 Å². The molecular weight excluding hydrogens is 271 g/mol. The number of hydrogen-bond acceptors (Lipinski definition) is 6. The third kappa shape index (κ3) is 3.89. The number of benzene rings is 1. The number of nitro groups is 1. The quantitative estimate of drug-likeness (QED) is 0.447. The average Bonchev–Trinajstić information content (AvgIpc) is 2.37. The van der Waals surface area contributed by atoms with E-state index < -0.39 is 22.4 Å². The molecule has 1 aromatic carbocycles. The van der Waals surface area contributed by atoms with Gasteiger partial charge in [-0.15, -0.1) is 0 Å². The van der Waals surface area contributed by atoms with Gasteiger partial charge in [0.05, 0.1) is 12.0 Å². The monoisotopic (exact) mass is 286 g/mol. The fraction of sp³-hybridized carbons (Fsp3) is 0.417. The largest absolute Gasteiger partial charge is 0.491 e. The van der Waals surface area contributed by atoms with Gasteiger partial charge in [-0.3, -0.25) is 10.1 Å². The van der Waals surface area contributed by atoms with Crippen LogP contribution in [-0.2, 0) is 4.74 Å². The third-order valence-corrected chi connectivity index (χ3v) is 2.45. The van der Waals surface area contributed by atoms with Gasteiger partial charge in [0, 0.05) is 18.7 Å². The fourth-order valence-electron chi connectivity index (χ4n) is 1.41. The number of nitro benzene ring substituents is 1. The van der Waals surface area contributed by atoms with E-state index in [1.54, 1.807) is 0 Å². The molecule has 0 N–H and O–H groups in total. The first kappa shape index (κ1) is 15.8. The SMILES string of the molecule is COC(=O)c1cc([N+](=O)[O-])c(F)cc1OCCN(C)C. The Hall–Kier alpha value is -2.22. The number of rotatable bonds is 6. The number of carbonyl (C=O) groups excluding carboxylic acids is 1. The van der Waals surface area contributed by atoms with Crippen molar-refractivity contribution in [1.29, 1.82) is 0 Å². The highest BCUT2D eigenvalue weighted by Gasteiger charge is 2.23. The van der Waals surface area contributed by atoms with Gasteiger partial charge in [-0.1, -0.05) is 0 Å². The molecule has 0 saturated carbocycles. The maximum atomic E-state index is 13.5. The molecule has 110 valence electrons. The van der Waals surface area contributed by atoms with Crippen LogP contribution >= 0.6 is 0 Å². The van der Waals surface area contributed by atoms with Crippen LogP contribution in [-0.4, -0.2) is 50.1 Å². The Bertz CT molecular complexity index is 519. The van der Waals surface area contributed by atoms with Crippen LogP contribution in [0, 0.1) is 15.9 Å². The number of methoxy groups -OCH3 is 1. The zero-order valence-electron chi connectivity index (χ0n) is 11.4. The van der Waals surface area contributed by atoms with Crippen LogP contribution in [0.2, 0.25) is 0 Å². The van der Waals surface area contributed by atoms with Gasteiger partial charge in [-0.2, -0.15) is 4.39 Å². The Kier molecular flexibility index (Phi) is 5.39. The summed E-state index contributed by atoms with van der Waals surface area (Å²) in [5.74, 6) is -1.97. The minimum Gasteiger partial charge on any atom is -0.491 e. The smallest absolute Gasteiger partial charge is 0.341 e. The Morgan fingerprint density at radius 3 is 2.60 bits per heavy atom. The summed E-state index contributed by atoms with van der Waals surface area (Å²) in [6.07, 6.45) is 0. The lowest BCUT2D eigenvalue weighted by Crippen LogP contribution is -2.20. The molecule has 0 heterocycles. The molecule has 0 unspecified atom stereocenters. The van der Waals surface area contributed by atoms with Crippen LogP contribution in [0.25, 0.3) is 0 Å². The van der Waals surface area contributed by atoms with E-state index in [-0.39, 0.29) is 17.9 Å². The van der Waals surface area contributed by atoms with E-state index in [1.807, 2.05) is 19.0 Å². The molecule has 0 aromatic heterocycles. The first-order valence-corrected chi connectivity index (χ1v) is 5.70. The minimum absolute atomic E-state index is 0.0817. The number of likely N-dealkylation sites (N-methyl/N-ethyl adjacent to an activating group) is 1. The molecule has 1 rings (SSSR count). The highest BCUT2D eigenvalue weighted by molar-refractivity contribution is 5.93. The second-order valence-corrected chi connectivity index (χ2v) is 4.20. The summed E-state index contributed by atoms with van der Waals surface area (Å²) >= 11 is 0. The molecule has 0 atom stereocenters. The lowest BCUT2D eigenvalue weighted by Gasteiger charge is -2.13. The molecule has 0 spiro atoms. The van der Waals surface area contributed by atoms with E-state index >= 15 is 0 Å². The second-order valence-electron chi connectivity index (χ2n) is 4.20. The van der Waals surface area contributed by atoms with Crippen LogP contribution in [0.1, 0.15) is 10.4 Å². The Morgan fingerprint density at radius 1 is 1.45 bits per heavy atom.